The first-order chi connectivity index (χ1) is 4.93. The van der Waals surface area contributed by atoms with E-state index < -0.39 is 0 Å². The highest BCUT2D eigenvalue weighted by Gasteiger charge is 1.89. The Morgan fingerprint density at radius 2 is 2.50 bits per heavy atom. The molecule has 1 nitrogen and oxygen atoms in total. The van der Waals surface area contributed by atoms with Gasteiger partial charge in [0, 0.05) is 18.0 Å². The summed E-state index contributed by atoms with van der Waals surface area (Å²) >= 11 is 0. The summed E-state index contributed by atoms with van der Waals surface area (Å²) in [4.78, 5) is 4.16. The van der Waals surface area contributed by atoms with Crippen molar-refractivity contribution in [3.05, 3.63) is 30.1 Å². The molecule has 0 aliphatic heterocycles. The van der Waals surface area contributed by atoms with Crippen molar-refractivity contribution in [3.8, 4) is 0 Å². The molecule has 1 heteroatoms. The van der Waals surface area contributed by atoms with Crippen LogP contribution in [0.3, 0.4) is 0 Å². The van der Waals surface area contributed by atoms with Gasteiger partial charge in [0.05, 0.1) is 0 Å². The Bertz CT molecular complexity index is 169. The van der Waals surface area contributed by atoms with E-state index in [9.17, 15) is 0 Å². The second kappa shape index (κ2) is 4.04. The van der Waals surface area contributed by atoms with Crippen LogP contribution in [-0.4, -0.2) is 4.98 Å². The van der Waals surface area contributed by atoms with Crippen molar-refractivity contribution >= 4 is 0 Å². The topological polar surface area (TPSA) is 12.9 Å². The third kappa shape index (κ3) is 2.18. The molecule has 1 heterocycles. The van der Waals surface area contributed by atoms with E-state index in [-0.39, 0.29) is 0 Å². The smallest absolute Gasteiger partial charge is 0.0482 e. The molecule has 0 N–H and O–H groups in total. The van der Waals surface area contributed by atoms with Gasteiger partial charge in [-0.3, -0.25) is 4.98 Å². The number of aromatic nitrogens is 1. The van der Waals surface area contributed by atoms with Crippen LogP contribution in [0.4, 0.5) is 0 Å². The molecule has 1 aromatic rings. The average molecular weight is 134 g/mol. The van der Waals surface area contributed by atoms with Gasteiger partial charge in [-0.1, -0.05) is 19.4 Å². The number of pyridine rings is 1. The first-order valence-electron chi connectivity index (χ1n) is 3.75. The molecule has 0 aromatic carbocycles. The van der Waals surface area contributed by atoms with Crippen LogP contribution < -0.4 is 0 Å². The molecule has 0 atom stereocenters. The molecule has 0 saturated heterocycles. The minimum Gasteiger partial charge on any atom is -0.261 e. The van der Waals surface area contributed by atoms with Crippen molar-refractivity contribution in [2.24, 2.45) is 0 Å². The number of rotatable bonds is 3. The van der Waals surface area contributed by atoms with E-state index >= 15 is 0 Å². The summed E-state index contributed by atoms with van der Waals surface area (Å²) in [5, 5.41) is 0. The molecule has 0 bridgehead atoms. The Balaban J connectivity index is 2.43. The van der Waals surface area contributed by atoms with Crippen LogP contribution in [0.15, 0.2) is 18.3 Å². The molecule has 0 unspecified atom stereocenters. The first-order valence-corrected chi connectivity index (χ1v) is 3.75. The molecular weight excluding hydrogens is 122 g/mol. The van der Waals surface area contributed by atoms with Gasteiger partial charge in [-0.25, -0.2) is 0 Å². The molecule has 0 aliphatic rings. The van der Waals surface area contributed by atoms with Crippen LogP contribution in [0, 0.1) is 6.07 Å². The second-order valence-corrected chi connectivity index (χ2v) is 2.33. The predicted molar refractivity (Wildman–Crippen MR) is 41.7 cm³/mol. The van der Waals surface area contributed by atoms with Gasteiger partial charge in [0.2, 0.25) is 0 Å². The monoisotopic (exact) mass is 134 g/mol. The third-order valence-electron chi connectivity index (χ3n) is 1.43. The summed E-state index contributed by atoms with van der Waals surface area (Å²) in [7, 11) is 0. The van der Waals surface area contributed by atoms with Gasteiger partial charge in [-0.15, -0.1) is 0 Å². The second-order valence-electron chi connectivity index (χ2n) is 2.33. The minimum absolute atomic E-state index is 1.07. The van der Waals surface area contributed by atoms with E-state index in [4.69, 9.17) is 0 Å². The Hall–Kier alpha value is -0.850. The highest BCUT2D eigenvalue weighted by Crippen LogP contribution is 1.98. The maximum absolute atomic E-state index is 4.16. The van der Waals surface area contributed by atoms with Crippen LogP contribution in [-0.2, 0) is 6.42 Å². The summed E-state index contributed by atoms with van der Waals surface area (Å²) in [6, 6.07) is 6.91. The van der Waals surface area contributed by atoms with Gasteiger partial charge in [-0.05, 0) is 18.9 Å². The average Bonchev–Trinajstić information content (AvgIpc) is 2.03. The lowest BCUT2D eigenvalue weighted by Gasteiger charge is -1.94. The molecule has 0 fully saturated rings. The largest absolute Gasteiger partial charge is 0.261 e. The van der Waals surface area contributed by atoms with Crippen molar-refractivity contribution < 1.29 is 0 Å². The van der Waals surface area contributed by atoms with E-state index in [0.29, 0.717) is 0 Å². The van der Waals surface area contributed by atoms with Crippen molar-refractivity contribution in [1.82, 2.24) is 4.98 Å². The van der Waals surface area contributed by atoms with Crippen molar-refractivity contribution in [1.29, 1.82) is 0 Å². The molecule has 1 rings (SSSR count). The highest BCUT2D eigenvalue weighted by atomic mass is 14.7. The van der Waals surface area contributed by atoms with Gasteiger partial charge in [0.15, 0.2) is 0 Å². The molecule has 0 aliphatic carbocycles. The maximum Gasteiger partial charge on any atom is 0.0482 e. The van der Waals surface area contributed by atoms with Gasteiger partial charge >= 0.3 is 0 Å². The van der Waals surface area contributed by atoms with Crippen LogP contribution in [0.2, 0.25) is 0 Å². The lowest BCUT2D eigenvalue weighted by Crippen LogP contribution is -1.87. The Morgan fingerprint density at radius 1 is 1.60 bits per heavy atom. The molecular formula is C9H12N. The summed E-state index contributed by atoms with van der Waals surface area (Å²) in [6.07, 6.45) is 5.33. The maximum atomic E-state index is 4.16. The lowest BCUT2D eigenvalue weighted by atomic mass is 10.2. The van der Waals surface area contributed by atoms with E-state index in [1.807, 2.05) is 18.3 Å². The van der Waals surface area contributed by atoms with Crippen molar-refractivity contribution in [2.75, 3.05) is 0 Å². The first kappa shape index (κ1) is 7.26. The number of aryl methyl sites for hydroxylation is 1. The third-order valence-corrected chi connectivity index (χ3v) is 1.43. The molecule has 53 valence electrons. The Labute approximate surface area is 62.1 Å². The Morgan fingerprint density at radius 3 is 3.10 bits per heavy atom. The van der Waals surface area contributed by atoms with Crippen molar-refractivity contribution in [2.45, 2.75) is 26.2 Å². The molecule has 0 saturated carbocycles. The van der Waals surface area contributed by atoms with Crippen LogP contribution >= 0.6 is 0 Å². The molecule has 1 radical (unpaired) electrons. The summed E-state index contributed by atoms with van der Waals surface area (Å²) in [6.45, 7) is 2.18. The van der Waals surface area contributed by atoms with Gasteiger partial charge in [0.25, 0.3) is 0 Å². The molecule has 0 amide bonds. The van der Waals surface area contributed by atoms with E-state index in [2.05, 4.69) is 18.0 Å². The zero-order chi connectivity index (χ0) is 7.23. The standard InChI is InChI=1S/C9H12N/c1-2-3-6-9-7-4-5-8-10-9/h4-5,8H,2-3,6H2,1H3. The summed E-state index contributed by atoms with van der Waals surface area (Å²) in [5.41, 5.74) is 1.09. The molecule has 10 heavy (non-hydrogen) atoms. The summed E-state index contributed by atoms with van der Waals surface area (Å²) < 4.78 is 0. The van der Waals surface area contributed by atoms with E-state index in [1.165, 1.54) is 12.8 Å². The number of nitrogens with zero attached hydrogens (tertiary/aromatic N) is 1. The summed E-state index contributed by atoms with van der Waals surface area (Å²) in [5.74, 6) is 0. The minimum atomic E-state index is 1.07. The molecule has 0 spiro atoms. The SMILES string of the molecule is CCCCc1[c]cccn1. The number of hydrogen-bond donors (Lipinski definition) is 0. The number of unbranched alkanes of at least 4 members (excludes halogenated alkanes) is 1. The quantitative estimate of drug-likeness (QED) is 0.617. The van der Waals surface area contributed by atoms with Crippen molar-refractivity contribution in [3.63, 3.8) is 0 Å². The van der Waals surface area contributed by atoms with Crippen LogP contribution in [0.1, 0.15) is 25.5 Å². The zero-order valence-electron chi connectivity index (χ0n) is 6.30. The van der Waals surface area contributed by atoms with Gasteiger partial charge in [-0.2, -0.15) is 0 Å². The fourth-order valence-electron chi connectivity index (χ4n) is 0.839. The van der Waals surface area contributed by atoms with E-state index in [0.717, 1.165) is 12.1 Å². The fraction of sp³-hybridized carbons (Fsp3) is 0.444. The normalized spacial score (nSPS) is 9.70. The fourth-order valence-corrected chi connectivity index (χ4v) is 0.839. The number of hydrogen-bond acceptors (Lipinski definition) is 1. The lowest BCUT2D eigenvalue weighted by molar-refractivity contribution is 0.776. The van der Waals surface area contributed by atoms with E-state index in [1.54, 1.807) is 0 Å². The molecule has 1 aromatic heterocycles. The zero-order valence-corrected chi connectivity index (χ0v) is 6.30. The predicted octanol–water partition coefficient (Wildman–Crippen LogP) is 2.22. The van der Waals surface area contributed by atoms with Crippen LogP contribution in [0.25, 0.3) is 0 Å². The van der Waals surface area contributed by atoms with Crippen LogP contribution in [0.5, 0.6) is 0 Å². The van der Waals surface area contributed by atoms with Gasteiger partial charge < -0.3 is 0 Å². The highest BCUT2D eigenvalue weighted by molar-refractivity contribution is 5.00. The van der Waals surface area contributed by atoms with Gasteiger partial charge in [0.1, 0.15) is 0 Å². The Kier molecular flexibility index (Phi) is 2.94.